The van der Waals surface area contributed by atoms with E-state index in [9.17, 15) is 9.59 Å². The van der Waals surface area contributed by atoms with Gasteiger partial charge >= 0.3 is 0 Å². The van der Waals surface area contributed by atoms with Gasteiger partial charge in [0.1, 0.15) is 0 Å². The Morgan fingerprint density at radius 2 is 2.00 bits per heavy atom. The second kappa shape index (κ2) is 5.46. The number of carbonyl (C=O) groups excluding carboxylic acids is 2. The highest BCUT2D eigenvalue weighted by Crippen LogP contribution is 2.23. The largest absolute Gasteiger partial charge is 0.321 e. The number of hydrogen-bond acceptors (Lipinski definition) is 3. The molecule has 5 heteroatoms. The van der Waals surface area contributed by atoms with Crippen molar-refractivity contribution in [1.29, 1.82) is 0 Å². The lowest BCUT2D eigenvalue weighted by Crippen LogP contribution is -2.10. The fraction of sp³-hybridized carbons (Fsp3) is 0.0769. The first-order valence-corrected chi connectivity index (χ1v) is 6.85. The second-order valence-corrected chi connectivity index (χ2v) is 6.16. The number of rotatable bonds is 3. The van der Waals surface area contributed by atoms with Crippen LogP contribution in [0.25, 0.3) is 0 Å². The molecule has 1 N–H and O–H groups in total. The number of ketones is 1. The molecule has 0 saturated heterocycles. The molecule has 0 aliphatic carbocycles. The zero-order valence-electron chi connectivity index (χ0n) is 9.57. The first-order chi connectivity index (χ1) is 8.56. The third kappa shape index (κ3) is 3.05. The summed E-state index contributed by atoms with van der Waals surface area (Å²) in [6.07, 6.45) is 0. The number of Topliss-reactive ketones (excluding diaryl/α,β-unsaturated/α-hetero) is 1. The molecular formula is C13H10BrNO2S. The van der Waals surface area contributed by atoms with Crippen molar-refractivity contribution in [3.63, 3.8) is 0 Å². The highest BCUT2D eigenvalue weighted by Gasteiger charge is 2.09. The maximum atomic E-state index is 11.9. The molecule has 0 unspecified atom stereocenters. The summed E-state index contributed by atoms with van der Waals surface area (Å²) < 4.78 is 0.908. The van der Waals surface area contributed by atoms with Crippen LogP contribution in [0.4, 0.5) is 5.69 Å². The van der Waals surface area contributed by atoms with E-state index in [2.05, 4.69) is 21.2 Å². The van der Waals surface area contributed by atoms with Crippen molar-refractivity contribution in [1.82, 2.24) is 0 Å². The van der Waals surface area contributed by atoms with E-state index in [0.29, 0.717) is 16.1 Å². The number of hydrogen-bond donors (Lipinski definition) is 1. The van der Waals surface area contributed by atoms with E-state index in [-0.39, 0.29) is 11.7 Å². The average molecular weight is 324 g/mol. The summed E-state index contributed by atoms with van der Waals surface area (Å²) in [6.45, 7) is 1.50. The second-order valence-electron chi connectivity index (χ2n) is 3.69. The molecule has 2 rings (SSSR count). The zero-order valence-corrected chi connectivity index (χ0v) is 12.0. The first kappa shape index (κ1) is 13.0. The molecule has 0 radical (unpaired) electrons. The Balaban J connectivity index is 2.16. The number of amides is 1. The first-order valence-electron chi connectivity index (χ1n) is 5.24. The van der Waals surface area contributed by atoms with E-state index in [1.165, 1.54) is 18.3 Å². The molecule has 1 amide bonds. The monoisotopic (exact) mass is 323 g/mol. The van der Waals surface area contributed by atoms with Gasteiger partial charge in [-0.05, 0) is 47.1 Å². The summed E-state index contributed by atoms with van der Waals surface area (Å²) in [5.41, 5.74) is 1.21. The van der Waals surface area contributed by atoms with Gasteiger partial charge in [-0.15, -0.1) is 11.3 Å². The Hall–Kier alpha value is -1.46. The van der Waals surface area contributed by atoms with Gasteiger partial charge in [0.05, 0.1) is 8.66 Å². The van der Waals surface area contributed by atoms with Crippen LogP contribution in [0.3, 0.4) is 0 Å². The molecule has 0 spiro atoms. The van der Waals surface area contributed by atoms with Crippen LogP contribution in [0, 0.1) is 0 Å². The fourth-order valence-electron chi connectivity index (χ4n) is 1.44. The molecule has 0 saturated carbocycles. The lowest BCUT2D eigenvalue weighted by atomic mass is 10.1. The topological polar surface area (TPSA) is 46.2 Å². The van der Waals surface area contributed by atoms with Crippen LogP contribution in [-0.2, 0) is 0 Å². The third-order valence-corrected chi connectivity index (χ3v) is 3.95. The molecule has 0 bridgehead atoms. The number of thiophene rings is 1. The van der Waals surface area contributed by atoms with Crippen molar-refractivity contribution < 1.29 is 9.59 Å². The van der Waals surface area contributed by atoms with Crippen molar-refractivity contribution in [3.8, 4) is 0 Å². The average Bonchev–Trinajstić information content (AvgIpc) is 2.76. The Labute approximate surface area is 117 Å². The lowest BCUT2D eigenvalue weighted by Gasteiger charge is -2.04. The summed E-state index contributed by atoms with van der Waals surface area (Å²) in [4.78, 5) is 23.8. The zero-order chi connectivity index (χ0) is 13.1. The molecule has 0 fully saturated rings. The molecule has 1 aromatic carbocycles. The van der Waals surface area contributed by atoms with E-state index in [1.807, 2.05) is 6.07 Å². The van der Waals surface area contributed by atoms with Crippen molar-refractivity contribution in [2.24, 2.45) is 0 Å². The molecule has 92 valence electrons. The predicted octanol–water partition coefficient (Wildman–Crippen LogP) is 3.97. The minimum atomic E-state index is -0.175. The molecule has 0 aliphatic heterocycles. The Kier molecular flexibility index (Phi) is 3.93. The highest BCUT2D eigenvalue weighted by molar-refractivity contribution is 9.11. The Morgan fingerprint density at radius 1 is 1.22 bits per heavy atom. The summed E-state index contributed by atoms with van der Waals surface area (Å²) in [5, 5.41) is 2.77. The van der Waals surface area contributed by atoms with Crippen molar-refractivity contribution in [2.75, 3.05) is 5.32 Å². The van der Waals surface area contributed by atoms with Gasteiger partial charge in [-0.25, -0.2) is 0 Å². The maximum Gasteiger partial charge on any atom is 0.265 e. The molecule has 0 aliphatic rings. The summed E-state index contributed by atoms with van der Waals surface area (Å²) in [7, 11) is 0. The number of benzene rings is 1. The molecule has 1 heterocycles. The molecule has 1 aromatic heterocycles. The maximum absolute atomic E-state index is 11.9. The van der Waals surface area contributed by atoms with E-state index >= 15 is 0 Å². The number of nitrogens with one attached hydrogen (secondary N) is 1. The van der Waals surface area contributed by atoms with Crippen molar-refractivity contribution in [2.45, 2.75) is 6.92 Å². The van der Waals surface area contributed by atoms with Crippen LogP contribution in [0.2, 0.25) is 0 Å². The highest BCUT2D eigenvalue weighted by atomic mass is 79.9. The summed E-state index contributed by atoms with van der Waals surface area (Å²) in [5.74, 6) is -0.198. The van der Waals surface area contributed by atoms with Gasteiger partial charge in [-0.3, -0.25) is 9.59 Å². The van der Waals surface area contributed by atoms with Gasteiger partial charge in [0.2, 0.25) is 0 Å². The molecule has 3 nitrogen and oxygen atoms in total. The predicted molar refractivity (Wildman–Crippen MR) is 76.4 cm³/mol. The van der Waals surface area contributed by atoms with Crippen LogP contribution >= 0.6 is 27.3 Å². The van der Waals surface area contributed by atoms with Crippen molar-refractivity contribution >= 4 is 44.6 Å². The Bertz CT molecular complexity index is 607. The number of anilines is 1. The SMILES string of the molecule is CC(=O)c1cccc(NC(=O)c2ccc(Br)s2)c1. The van der Waals surface area contributed by atoms with Crippen LogP contribution in [0.1, 0.15) is 27.0 Å². The molecule has 18 heavy (non-hydrogen) atoms. The van der Waals surface area contributed by atoms with E-state index in [1.54, 1.807) is 30.3 Å². The lowest BCUT2D eigenvalue weighted by molar-refractivity contribution is 0.101. The van der Waals surface area contributed by atoms with E-state index < -0.39 is 0 Å². The van der Waals surface area contributed by atoms with Gasteiger partial charge in [-0.1, -0.05) is 12.1 Å². The normalized spacial score (nSPS) is 10.1. The molecule has 2 aromatic rings. The van der Waals surface area contributed by atoms with Gasteiger partial charge < -0.3 is 5.32 Å². The van der Waals surface area contributed by atoms with Gasteiger partial charge in [0.25, 0.3) is 5.91 Å². The van der Waals surface area contributed by atoms with Gasteiger partial charge in [-0.2, -0.15) is 0 Å². The Morgan fingerprint density at radius 3 is 2.61 bits per heavy atom. The fourth-order valence-corrected chi connectivity index (χ4v) is 2.73. The standard InChI is InChI=1S/C13H10BrNO2S/c1-8(16)9-3-2-4-10(7-9)15-13(17)11-5-6-12(14)18-11/h2-7H,1H3,(H,15,17). The van der Waals surface area contributed by atoms with Gasteiger partial charge in [0.15, 0.2) is 5.78 Å². The van der Waals surface area contributed by atoms with Crippen molar-refractivity contribution in [3.05, 3.63) is 50.6 Å². The number of halogens is 1. The minimum Gasteiger partial charge on any atom is -0.321 e. The van der Waals surface area contributed by atoms with Gasteiger partial charge in [0, 0.05) is 11.3 Å². The minimum absolute atomic E-state index is 0.0232. The smallest absolute Gasteiger partial charge is 0.265 e. The molecular weight excluding hydrogens is 314 g/mol. The van der Waals surface area contributed by atoms with E-state index in [0.717, 1.165) is 3.79 Å². The molecule has 0 atom stereocenters. The summed E-state index contributed by atoms with van der Waals surface area (Å²) >= 11 is 4.67. The van der Waals surface area contributed by atoms with Crippen LogP contribution in [0.15, 0.2) is 40.2 Å². The third-order valence-electron chi connectivity index (χ3n) is 2.32. The van der Waals surface area contributed by atoms with Crippen LogP contribution in [0.5, 0.6) is 0 Å². The summed E-state index contributed by atoms with van der Waals surface area (Å²) in [6, 6.07) is 10.5. The van der Waals surface area contributed by atoms with E-state index in [4.69, 9.17) is 0 Å². The van der Waals surface area contributed by atoms with Crippen LogP contribution < -0.4 is 5.32 Å². The number of carbonyl (C=O) groups is 2. The quantitative estimate of drug-likeness (QED) is 0.869. The van der Waals surface area contributed by atoms with Crippen LogP contribution in [-0.4, -0.2) is 11.7 Å².